The summed E-state index contributed by atoms with van der Waals surface area (Å²) in [4.78, 5) is 36.7. The summed E-state index contributed by atoms with van der Waals surface area (Å²) >= 11 is 0. The van der Waals surface area contributed by atoms with Gasteiger partial charge in [-0.1, -0.05) is 83.1 Å². The number of carbonyl (C=O) groups excluding carboxylic acids is 3. The Morgan fingerprint density at radius 2 is 1.02 bits per heavy atom. The maximum atomic E-state index is 12.6. The maximum Gasteiger partial charge on any atom is 0.341 e. The number of fused-ring (bicyclic) bond motifs is 2. The molecule has 12 heteroatoms. The van der Waals surface area contributed by atoms with Crippen molar-refractivity contribution in [2.24, 2.45) is 0 Å². The third-order valence-corrected chi connectivity index (χ3v) is 18.9. The molecule has 1 unspecified atom stereocenters. The molecular formula is C28H52O10Si2. The number of carbonyl (C=O) groups is 3. The van der Waals surface area contributed by atoms with Gasteiger partial charge in [0.2, 0.25) is 6.29 Å². The van der Waals surface area contributed by atoms with Crippen molar-refractivity contribution in [1.29, 1.82) is 0 Å². The third kappa shape index (κ3) is 6.67. The van der Waals surface area contributed by atoms with Crippen LogP contribution in [0.25, 0.3) is 0 Å². The Labute approximate surface area is 242 Å². The molecule has 0 radical (unpaired) electrons. The lowest BCUT2D eigenvalue weighted by Crippen LogP contribution is -2.77. The van der Waals surface area contributed by atoms with Gasteiger partial charge in [0, 0.05) is 40.9 Å². The van der Waals surface area contributed by atoms with Gasteiger partial charge in [0.05, 0.1) is 0 Å². The molecule has 2 aliphatic rings. The lowest BCUT2D eigenvalue weighted by atomic mass is 9.99. The molecule has 10 nitrogen and oxygen atoms in total. The first-order chi connectivity index (χ1) is 17.8. The van der Waals surface area contributed by atoms with E-state index in [1.807, 2.05) is 0 Å². The average molecular weight is 605 g/mol. The van der Waals surface area contributed by atoms with Crippen molar-refractivity contribution in [2.75, 3.05) is 6.61 Å². The predicted molar refractivity (Wildman–Crippen MR) is 154 cm³/mol. The van der Waals surface area contributed by atoms with Crippen molar-refractivity contribution >= 4 is 35.0 Å². The summed E-state index contributed by atoms with van der Waals surface area (Å²) in [5.41, 5.74) is 0. The molecule has 0 spiro atoms. The summed E-state index contributed by atoms with van der Waals surface area (Å²) in [6, 6.07) is 0. The fourth-order valence-corrected chi connectivity index (χ4v) is 20.4. The van der Waals surface area contributed by atoms with Gasteiger partial charge in [-0.15, -0.1) is 0 Å². The molecule has 0 amide bonds. The maximum absolute atomic E-state index is 12.6. The molecule has 0 saturated carbocycles. The molecule has 2 rings (SSSR count). The van der Waals surface area contributed by atoms with Gasteiger partial charge in [-0.05, 0) is 0 Å². The monoisotopic (exact) mass is 604 g/mol. The fraction of sp³-hybridized carbons (Fsp3) is 0.893. The van der Waals surface area contributed by atoms with Crippen LogP contribution in [0.4, 0.5) is 0 Å². The van der Waals surface area contributed by atoms with E-state index in [9.17, 15) is 14.4 Å². The first kappa shape index (κ1) is 34.9. The summed E-state index contributed by atoms with van der Waals surface area (Å²) < 4.78 is 45.4. The predicted octanol–water partition coefficient (Wildman–Crippen LogP) is 5.65. The van der Waals surface area contributed by atoms with Crippen LogP contribution in [0.1, 0.15) is 104 Å². The molecule has 0 N–H and O–H groups in total. The second-order valence-corrected chi connectivity index (χ2v) is 24.8. The van der Waals surface area contributed by atoms with Gasteiger partial charge in [-0.3, -0.25) is 14.4 Å². The van der Waals surface area contributed by atoms with Gasteiger partial charge < -0.3 is 31.9 Å². The van der Waals surface area contributed by atoms with Gasteiger partial charge in [0.1, 0.15) is 24.9 Å². The first-order valence-corrected chi connectivity index (χ1v) is 17.6. The highest BCUT2D eigenvalue weighted by molar-refractivity contribution is 6.86. The topological polar surface area (TPSA) is 116 Å². The molecule has 0 aromatic carbocycles. The Balaban J connectivity index is 3.03. The molecule has 40 heavy (non-hydrogen) atoms. The second kappa shape index (κ2) is 11.4. The smallest absolute Gasteiger partial charge is 0.341 e. The highest BCUT2D eigenvalue weighted by atomic mass is 28.5. The molecule has 2 bridgehead atoms. The number of hydrogen-bond donors (Lipinski definition) is 0. The molecule has 0 aromatic heterocycles. The lowest BCUT2D eigenvalue weighted by molar-refractivity contribution is -0.297. The highest BCUT2D eigenvalue weighted by Gasteiger charge is 2.73. The molecule has 2 heterocycles. The SMILES string of the molecule is CC(=O)OC[C@H]1OC(OC(C)=O)[C@@H]2O[Si](C(C)(C)C)(C(C)(C)C)O[Si](C(C)(C)C)(C(C)(C)C)O[C@H]1[C@@H]2OC(C)=O. The zero-order valence-corrected chi connectivity index (χ0v) is 29.2. The van der Waals surface area contributed by atoms with Gasteiger partial charge in [-0.25, -0.2) is 0 Å². The molecule has 2 saturated heterocycles. The van der Waals surface area contributed by atoms with E-state index in [1.165, 1.54) is 20.8 Å². The fourth-order valence-electron chi connectivity index (χ4n) is 6.27. The molecule has 5 atom stereocenters. The number of rotatable bonds is 4. The standard InChI is InChI=1S/C28H52O10Si2/c1-17(29)32-16-20-21-22(33-18(2)30)23(24(35-20)34-19(3)31)37-40(27(10,11)12,28(13,14)15)38-39(36-21,25(4,5)6)26(7,8)9/h20-24H,16H2,1-15H3/t20-,21-,22+,23-,24?/m1/s1. The van der Waals surface area contributed by atoms with Gasteiger partial charge in [0.25, 0.3) is 0 Å². The van der Waals surface area contributed by atoms with Crippen molar-refractivity contribution in [1.82, 2.24) is 0 Å². The Morgan fingerprint density at radius 1 is 0.625 bits per heavy atom. The van der Waals surface area contributed by atoms with E-state index in [0.717, 1.165) is 0 Å². The van der Waals surface area contributed by atoms with E-state index in [4.69, 9.17) is 31.9 Å². The van der Waals surface area contributed by atoms with E-state index in [-0.39, 0.29) is 6.61 Å². The summed E-state index contributed by atoms with van der Waals surface area (Å²) in [6.45, 7) is 28.8. The Morgan fingerprint density at radius 3 is 1.38 bits per heavy atom. The van der Waals surface area contributed by atoms with E-state index in [2.05, 4.69) is 83.1 Å². The van der Waals surface area contributed by atoms with Gasteiger partial charge in [0.15, 0.2) is 6.10 Å². The minimum absolute atomic E-state index is 0.206. The van der Waals surface area contributed by atoms with E-state index in [1.54, 1.807) is 0 Å². The van der Waals surface area contributed by atoms with Crippen LogP contribution in [0, 0.1) is 0 Å². The zero-order valence-electron chi connectivity index (χ0n) is 27.2. The normalized spacial score (nSPS) is 29.0. The number of hydrogen-bond acceptors (Lipinski definition) is 10. The third-order valence-electron chi connectivity index (χ3n) is 7.47. The van der Waals surface area contributed by atoms with Crippen LogP contribution in [0.5, 0.6) is 0 Å². The van der Waals surface area contributed by atoms with E-state index in [0.29, 0.717) is 0 Å². The highest BCUT2D eigenvalue weighted by Crippen LogP contribution is 2.62. The molecular weight excluding hydrogens is 552 g/mol. The van der Waals surface area contributed by atoms with Crippen LogP contribution in [0.3, 0.4) is 0 Å². The van der Waals surface area contributed by atoms with Crippen LogP contribution < -0.4 is 0 Å². The number of esters is 3. The van der Waals surface area contributed by atoms with Crippen molar-refractivity contribution in [2.45, 2.75) is 155 Å². The summed E-state index contributed by atoms with van der Waals surface area (Å²) in [7, 11) is -6.89. The second-order valence-electron chi connectivity index (χ2n) is 15.0. The Hall–Kier alpha value is -1.32. The minimum atomic E-state index is -3.46. The van der Waals surface area contributed by atoms with Crippen LogP contribution in [-0.2, 0) is 46.3 Å². The summed E-state index contributed by atoms with van der Waals surface area (Å²) in [6.07, 6.45) is -5.22. The van der Waals surface area contributed by atoms with Crippen molar-refractivity contribution in [3.05, 3.63) is 0 Å². The van der Waals surface area contributed by atoms with Crippen molar-refractivity contribution in [3.8, 4) is 0 Å². The molecule has 0 aromatic rings. The largest absolute Gasteiger partial charge is 0.463 e. The quantitative estimate of drug-likeness (QED) is 0.226. The zero-order chi connectivity index (χ0) is 31.3. The van der Waals surface area contributed by atoms with Crippen molar-refractivity contribution < 1.29 is 46.3 Å². The summed E-state index contributed by atoms with van der Waals surface area (Å²) in [5, 5.41) is -2.00. The van der Waals surface area contributed by atoms with Crippen molar-refractivity contribution in [3.63, 3.8) is 0 Å². The van der Waals surface area contributed by atoms with Gasteiger partial charge >= 0.3 is 35.0 Å². The molecule has 2 fully saturated rings. The summed E-state index contributed by atoms with van der Waals surface area (Å²) in [5.74, 6) is -1.67. The van der Waals surface area contributed by atoms with Crippen LogP contribution in [0.15, 0.2) is 0 Å². The molecule has 232 valence electrons. The Kier molecular flexibility index (Phi) is 9.95. The molecule has 2 aliphatic heterocycles. The van der Waals surface area contributed by atoms with E-state index >= 15 is 0 Å². The van der Waals surface area contributed by atoms with Crippen LogP contribution >= 0.6 is 0 Å². The average Bonchev–Trinajstić information content (AvgIpc) is 2.69. The first-order valence-electron chi connectivity index (χ1n) is 14.0. The van der Waals surface area contributed by atoms with Gasteiger partial charge in [-0.2, -0.15) is 0 Å². The number of ether oxygens (including phenoxy) is 4. The van der Waals surface area contributed by atoms with Crippen LogP contribution in [0.2, 0.25) is 20.2 Å². The van der Waals surface area contributed by atoms with Crippen LogP contribution in [-0.4, -0.2) is 72.3 Å². The minimum Gasteiger partial charge on any atom is -0.463 e. The van der Waals surface area contributed by atoms with E-state index < -0.39 is 85.9 Å². The molecule has 0 aliphatic carbocycles. The Bertz CT molecular complexity index is 926. The lowest BCUT2D eigenvalue weighted by Gasteiger charge is -2.63.